The van der Waals surface area contributed by atoms with Gasteiger partial charge in [-0.3, -0.25) is 4.79 Å². The van der Waals surface area contributed by atoms with Gasteiger partial charge in [0.1, 0.15) is 0 Å². The second-order valence-electron chi connectivity index (χ2n) is 4.46. The minimum atomic E-state index is -0.00691. The van der Waals surface area contributed by atoms with Crippen molar-refractivity contribution < 1.29 is 9.53 Å². The fourth-order valence-electron chi connectivity index (χ4n) is 2.11. The van der Waals surface area contributed by atoms with E-state index in [0.29, 0.717) is 13.0 Å². The van der Waals surface area contributed by atoms with Crippen LogP contribution in [0.3, 0.4) is 0 Å². The molecule has 1 aliphatic heterocycles. The van der Waals surface area contributed by atoms with Crippen molar-refractivity contribution >= 4 is 24.0 Å². The van der Waals surface area contributed by atoms with Gasteiger partial charge in [-0.05, 0) is 18.1 Å². The first kappa shape index (κ1) is 16.0. The van der Waals surface area contributed by atoms with Crippen molar-refractivity contribution in [2.45, 2.75) is 25.9 Å². The van der Waals surface area contributed by atoms with Crippen LogP contribution in [-0.4, -0.2) is 31.7 Å². The quantitative estimate of drug-likeness (QED) is 0.889. The van der Waals surface area contributed by atoms with Crippen LogP contribution < -0.4 is 10.6 Å². The Bertz CT molecular complexity index is 406. The molecule has 106 valence electrons. The van der Waals surface area contributed by atoms with E-state index in [1.165, 1.54) is 0 Å². The minimum absolute atomic E-state index is 0. The molecule has 2 N–H and O–H groups in total. The zero-order valence-corrected chi connectivity index (χ0v) is 12.0. The zero-order chi connectivity index (χ0) is 12.8. The number of carbonyl (C=O) groups excluding carboxylic acids is 1. The molecule has 19 heavy (non-hydrogen) atoms. The average molecular weight is 285 g/mol. The van der Waals surface area contributed by atoms with Crippen molar-refractivity contribution in [1.82, 2.24) is 5.32 Å². The van der Waals surface area contributed by atoms with E-state index in [-0.39, 0.29) is 24.4 Å². The van der Waals surface area contributed by atoms with Gasteiger partial charge in [0.25, 0.3) is 0 Å². The normalized spacial score (nSPS) is 18.5. The molecule has 1 heterocycles. The summed E-state index contributed by atoms with van der Waals surface area (Å²) in [5.41, 5.74) is 2.07. The minimum Gasteiger partial charge on any atom is -0.375 e. The maximum absolute atomic E-state index is 11.9. The molecule has 2 rings (SSSR count). The van der Waals surface area contributed by atoms with Crippen molar-refractivity contribution in [2.24, 2.45) is 0 Å². The largest absolute Gasteiger partial charge is 0.375 e. The third-order valence-corrected chi connectivity index (χ3v) is 3.09. The number of anilines is 1. The Morgan fingerprint density at radius 1 is 1.47 bits per heavy atom. The van der Waals surface area contributed by atoms with Gasteiger partial charge >= 0.3 is 0 Å². The third-order valence-electron chi connectivity index (χ3n) is 3.09. The van der Waals surface area contributed by atoms with Crippen LogP contribution in [0, 0.1) is 0 Å². The van der Waals surface area contributed by atoms with Crippen LogP contribution in [0.5, 0.6) is 0 Å². The van der Waals surface area contributed by atoms with Gasteiger partial charge in [0.15, 0.2) is 0 Å². The lowest BCUT2D eigenvalue weighted by molar-refractivity contribution is -0.119. The van der Waals surface area contributed by atoms with Gasteiger partial charge in [-0.2, -0.15) is 0 Å². The van der Waals surface area contributed by atoms with E-state index in [0.717, 1.165) is 30.8 Å². The van der Waals surface area contributed by atoms with Gasteiger partial charge in [-0.15, -0.1) is 12.4 Å². The van der Waals surface area contributed by atoms with E-state index in [1.54, 1.807) is 0 Å². The third kappa shape index (κ3) is 4.82. The van der Waals surface area contributed by atoms with E-state index in [1.807, 2.05) is 24.3 Å². The summed E-state index contributed by atoms with van der Waals surface area (Å²) < 4.78 is 5.52. The maximum atomic E-state index is 11.9. The molecule has 1 saturated heterocycles. The molecule has 0 saturated carbocycles. The lowest BCUT2D eigenvalue weighted by atomic mass is 10.1. The SMILES string of the molecule is CCc1ccccc1NC(=O)CC1CNCCO1.Cl. The Labute approximate surface area is 120 Å². The molecule has 1 fully saturated rings. The predicted molar refractivity (Wildman–Crippen MR) is 78.9 cm³/mol. The first-order valence-corrected chi connectivity index (χ1v) is 6.49. The molecular weight excluding hydrogens is 264 g/mol. The number of rotatable bonds is 4. The summed E-state index contributed by atoms with van der Waals surface area (Å²) in [6, 6.07) is 7.90. The van der Waals surface area contributed by atoms with Gasteiger partial charge in [0.2, 0.25) is 5.91 Å². The summed E-state index contributed by atoms with van der Waals surface area (Å²) in [5, 5.41) is 6.18. The number of amides is 1. The molecule has 1 atom stereocenters. The molecule has 0 bridgehead atoms. The fraction of sp³-hybridized carbons (Fsp3) is 0.500. The van der Waals surface area contributed by atoms with Gasteiger partial charge in [0.05, 0.1) is 19.1 Å². The van der Waals surface area contributed by atoms with Crippen molar-refractivity contribution in [2.75, 3.05) is 25.0 Å². The number of para-hydroxylation sites is 1. The Balaban J connectivity index is 0.00000180. The van der Waals surface area contributed by atoms with E-state index in [4.69, 9.17) is 4.74 Å². The number of benzene rings is 1. The number of hydrogen-bond donors (Lipinski definition) is 2. The number of nitrogens with one attached hydrogen (secondary N) is 2. The lowest BCUT2D eigenvalue weighted by Crippen LogP contribution is -2.40. The van der Waals surface area contributed by atoms with E-state index < -0.39 is 0 Å². The molecule has 0 radical (unpaired) electrons. The van der Waals surface area contributed by atoms with Crippen LogP contribution in [0.4, 0.5) is 5.69 Å². The van der Waals surface area contributed by atoms with Crippen LogP contribution in [-0.2, 0) is 16.0 Å². The van der Waals surface area contributed by atoms with Crippen molar-refractivity contribution in [3.05, 3.63) is 29.8 Å². The Morgan fingerprint density at radius 3 is 2.95 bits per heavy atom. The fourth-order valence-corrected chi connectivity index (χ4v) is 2.11. The predicted octanol–water partition coefficient (Wildman–Crippen LogP) is 1.99. The molecule has 0 aromatic heterocycles. The highest BCUT2D eigenvalue weighted by Crippen LogP contribution is 2.16. The molecule has 1 unspecified atom stereocenters. The molecule has 0 aliphatic carbocycles. The topological polar surface area (TPSA) is 50.4 Å². The van der Waals surface area contributed by atoms with Crippen LogP contribution >= 0.6 is 12.4 Å². The number of halogens is 1. The summed E-state index contributed by atoms with van der Waals surface area (Å²) >= 11 is 0. The van der Waals surface area contributed by atoms with Gasteiger partial charge in [0, 0.05) is 18.8 Å². The van der Waals surface area contributed by atoms with Crippen molar-refractivity contribution in [3.8, 4) is 0 Å². The summed E-state index contributed by atoms with van der Waals surface area (Å²) in [5.74, 6) is 0.0181. The first-order chi connectivity index (χ1) is 8.79. The van der Waals surface area contributed by atoms with E-state index in [9.17, 15) is 4.79 Å². The van der Waals surface area contributed by atoms with Crippen LogP contribution in [0.25, 0.3) is 0 Å². The van der Waals surface area contributed by atoms with Gasteiger partial charge < -0.3 is 15.4 Å². The number of aryl methyl sites for hydroxylation is 1. The highest BCUT2D eigenvalue weighted by atomic mass is 35.5. The Morgan fingerprint density at radius 2 is 2.26 bits per heavy atom. The molecule has 0 spiro atoms. The highest BCUT2D eigenvalue weighted by Gasteiger charge is 2.17. The lowest BCUT2D eigenvalue weighted by Gasteiger charge is -2.23. The van der Waals surface area contributed by atoms with Crippen molar-refractivity contribution in [1.29, 1.82) is 0 Å². The van der Waals surface area contributed by atoms with Crippen LogP contribution in [0.2, 0.25) is 0 Å². The smallest absolute Gasteiger partial charge is 0.227 e. The number of carbonyl (C=O) groups is 1. The monoisotopic (exact) mass is 284 g/mol. The molecule has 4 nitrogen and oxygen atoms in total. The van der Waals surface area contributed by atoms with E-state index in [2.05, 4.69) is 17.6 Å². The average Bonchev–Trinajstić information content (AvgIpc) is 2.40. The van der Waals surface area contributed by atoms with Crippen LogP contribution in [0.1, 0.15) is 18.9 Å². The molecule has 1 aromatic carbocycles. The van der Waals surface area contributed by atoms with Crippen LogP contribution in [0.15, 0.2) is 24.3 Å². The first-order valence-electron chi connectivity index (χ1n) is 6.49. The Hall–Kier alpha value is -1.10. The van der Waals surface area contributed by atoms with Gasteiger partial charge in [-0.1, -0.05) is 25.1 Å². The number of hydrogen-bond acceptors (Lipinski definition) is 3. The van der Waals surface area contributed by atoms with Crippen molar-refractivity contribution in [3.63, 3.8) is 0 Å². The number of ether oxygens (including phenoxy) is 1. The molecule has 1 aliphatic rings. The number of morpholine rings is 1. The molecule has 5 heteroatoms. The summed E-state index contributed by atoms with van der Waals surface area (Å²) in [6.07, 6.45) is 1.32. The van der Waals surface area contributed by atoms with E-state index >= 15 is 0 Å². The standard InChI is InChI=1S/C14H20N2O2.ClH/c1-2-11-5-3-4-6-13(11)16-14(17)9-12-10-15-7-8-18-12;/h3-6,12,15H,2,7-10H2,1H3,(H,16,17);1H. The summed E-state index contributed by atoms with van der Waals surface area (Å²) in [7, 11) is 0. The highest BCUT2D eigenvalue weighted by molar-refractivity contribution is 5.91. The second kappa shape index (κ2) is 8.15. The summed E-state index contributed by atoms with van der Waals surface area (Å²) in [6.45, 7) is 4.39. The summed E-state index contributed by atoms with van der Waals surface area (Å²) in [4.78, 5) is 11.9. The molecular formula is C14H21ClN2O2. The Kier molecular flexibility index (Phi) is 6.84. The zero-order valence-electron chi connectivity index (χ0n) is 11.1. The maximum Gasteiger partial charge on any atom is 0.227 e. The second-order valence-corrected chi connectivity index (χ2v) is 4.46. The van der Waals surface area contributed by atoms with Gasteiger partial charge in [-0.25, -0.2) is 0 Å². The molecule has 1 aromatic rings. The molecule has 1 amide bonds.